The summed E-state index contributed by atoms with van der Waals surface area (Å²) in [5.41, 5.74) is 1.55. The third-order valence-corrected chi connectivity index (χ3v) is 2.26. The molecule has 0 saturated heterocycles. The van der Waals surface area contributed by atoms with Gasteiger partial charge >= 0.3 is 0 Å². The van der Waals surface area contributed by atoms with Crippen molar-refractivity contribution in [1.82, 2.24) is 5.32 Å². The van der Waals surface area contributed by atoms with Crippen molar-refractivity contribution < 1.29 is 15.3 Å². The van der Waals surface area contributed by atoms with Gasteiger partial charge < -0.3 is 15.3 Å². The highest BCUT2D eigenvalue weighted by Gasteiger charge is 2.04. The minimum absolute atomic E-state index is 0.126. The van der Waals surface area contributed by atoms with Crippen molar-refractivity contribution in [3.05, 3.63) is 35.9 Å². The summed E-state index contributed by atoms with van der Waals surface area (Å²) < 4.78 is 0. The summed E-state index contributed by atoms with van der Waals surface area (Å²) in [5, 5.41) is 30.7. The van der Waals surface area contributed by atoms with Crippen LogP contribution in [0.2, 0.25) is 0 Å². The number of hydrogen-bond acceptors (Lipinski definition) is 4. The number of benzene rings is 1. The van der Waals surface area contributed by atoms with Crippen LogP contribution in [-0.4, -0.2) is 28.1 Å². The molecule has 4 N–H and O–H groups in total. The fourth-order valence-corrected chi connectivity index (χ4v) is 1.25. The molecule has 1 aromatic carbocycles. The number of hydrogen-bond donors (Lipinski definition) is 4. The zero-order chi connectivity index (χ0) is 12.1. The van der Waals surface area contributed by atoms with Gasteiger partial charge in [0.05, 0.1) is 0 Å². The summed E-state index contributed by atoms with van der Waals surface area (Å²) in [7, 11) is 0. The highest BCUT2D eigenvalue weighted by atomic mass is 16.3. The molecule has 88 valence electrons. The van der Waals surface area contributed by atoms with Gasteiger partial charge in [0.15, 0.2) is 11.5 Å². The molecule has 1 atom stereocenters. The fraction of sp³-hybridized carbons (Fsp3) is 0.333. The minimum Gasteiger partial charge on any atom is -0.504 e. The first-order chi connectivity index (χ1) is 7.50. The first-order valence-corrected chi connectivity index (χ1v) is 5.08. The van der Waals surface area contributed by atoms with Crippen molar-refractivity contribution in [3.63, 3.8) is 0 Å². The molecule has 0 fully saturated rings. The fourth-order valence-electron chi connectivity index (χ4n) is 1.25. The van der Waals surface area contributed by atoms with Gasteiger partial charge in [-0.15, -0.1) is 0 Å². The van der Waals surface area contributed by atoms with Crippen LogP contribution in [0.25, 0.3) is 0 Å². The largest absolute Gasteiger partial charge is 0.504 e. The topological polar surface area (TPSA) is 72.7 Å². The quantitative estimate of drug-likeness (QED) is 0.343. The molecular formula is C12H17NO3. The van der Waals surface area contributed by atoms with E-state index in [4.69, 9.17) is 5.11 Å². The van der Waals surface area contributed by atoms with Crippen molar-refractivity contribution in [3.8, 4) is 11.5 Å². The predicted octanol–water partition coefficient (Wildman–Crippen LogP) is 1.12. The number of phenols is 2. The summed E-state index contributed by atoms with van der Waals surface area (Å²) in [5.74, 6) is -0.253. The van der Waals surface area contributed by atoms with Gasteiger partial charge in [-0.25, -0.2) is 0 Å². The Labute approximate surface area is 94.9 Å². The van der Waals surface area contributed by atoms with E-state index in [0.717, 1.165) is 5.56 Å². The summed E-state index contributed by atoms with van der Waals surface area (Å²) in [6.07, 6.45) is -0.0521. The van der Waals surface area contributed by atoms with E-state index in [9.17, 15) is 10.2 Å². The average molecular weight is 223 g/mol. The summed E-state index contributed by atoms with van der Waals surface area (Å²) in [6.45, 7) is 5.93. The van der Waals surface area contributed by atoms with Crippen molar-refractivity contribution in [2.24, 2.45) is 0 Å². The maximum absolute atomic E-state index is 9.40. The number of phenolic OH excluding ortho intramolecular Hbond substituents is 2. The van der Waals surface area contributed by atoms with E-state index in [1.165, 1.54) is 12.1 Å². The number of aliphatic hydroxyl groups is 1. The average Bonchev–Trinajstić information content (AvgIpc) is 2.23. The van der Waals surface area contributed by atoms with Crippen LogP contribution in [0.5, 0.6) is 11.5 Å². The number of rotatable bonds is 5. The van der Waals surface area contributed by atoms with Gasteiger partial charge in [0.25, 0.3) is 0 Å². The van der Waals surface area contributed by atoms with E-state index in [1.807, 2.05) is 0 Å². The molecule has 16 heavy (non-hydrogen) atoms. The van der Waals surface area contributed by atoms with E-state index < -0.39 is 6.23 Å². The van der Waals surface area contributed by atoms with Gasteiger partial charge in [0.1, 0.15) is 6.23 Å². The van der Waals surface area contributed by atoms with E-state index in [2.05, 4.69) is 11.9 Å². The summed E-state index contributed by atoms with van der Waals surface area (Å²) in [4.78, 5) is 0. The number of aromatic hydroxyl groups is 2. The smallest absolute Gasteiger partial charge is 0.157 e. The lowest BCUT2D eigenvalue weighted by Gasteiger charge is -2.12. The van der Waals surface area contributed by atoms with Crippen molar-refractivity contribution in [2.45, 2.75) is 19.6 Å². The maximum Gasteiger partial charge on any atom is 0.157 e. The minimum atomic E-state index is -0.703. The lowest BCUT2D eigenvalue weighted by molar-refractivity contribution is 0.174. The van der Waals surface area contributed by atoms with Crippen molar-refractivity contribution >= 4 is 0 Å². The lowest BCUT2D eigenvalue weighted by Crippen LogP contribution is -2.31. The van der Waals surface area contributed by atoms with E-state index >= 15 is 0 Å². The van der Waals surface area contributed by atoms with Gasteiger partial charge in [-0.05, 0) is 36.6 Å². The Morgan fingerprint density at radius 2 is 2.06 bits per heavy atom. The molecule has 0 aliphatic heterocycles. The molecule has 0 heterocycles. The number of aliphatic hydroxyl groups excluding tert-OH is 1. The Morgan fingerprint density at radius 3 is 2.62 bits per heavy atom. The second-order valence-corrected chi connectivity index (χ2v) is 3.78. The molecule has 1 unspecified atom stereocenters. The Kier molecular flexibility index (Phi) is 4.34. The molecule has 0 amide bonds. The van der Waals surface area contributed by atoms with Gasteiger partial charge in [0.2, 0.25) is 0 Å². The SMILES string of the molecule is C=C(C)C(O)NCCc1ccc(O)c(O)c1. The Bertz CT molecular complexity index is 377. The second-order valence-electron chi connectivity index (χ2n) is 3.78. The zero-order valence-corrected chi connectivity index (χ0v) is 9.27. The molecular weight excluding hydrogens is 206 g/mol. The zero-order valence-electron chi connectivity index (χ0n) is 9.27. The third kappa shape index (κ3) is 3.56. The Hall–Kier alpha value is -1.52. The molecule has 0 radical (unpaired) electrons. The third-order valence-electron chi connectivity index (χ3n) is 2.26. The number of nitrogens with one attached hydrogen (secondary N) is 1. The molecule has 1 rings (SSSR count). The Morgan fingerprint density at radius 1 is 1.38 bits per heavy atom. The van der Waals surface area contributed by atoms with Crippen LogP contribution in [-0.2, 0) is 6.42 Å². The standard InChI is InChI=1S/C12H17NO3/c1-8(2)12(16)13-6-5-9-3-4-10(14)11(15)7-9/h3-4,7,12-16H,1,5-6H2,2H3. The summed E-state index contributed by atoms with van der Waals surface area (Å²) in [6, 6.07) is 4.67. The van der Waals surface area contributed by atoms with Crippen molar-refractivity contribution in [1.29, 1.82) is 0 Å². The van der Waals surface area contributed by atoms with Crippen LogP contribution in [0.1, 0.15) is 12.5 Å². The molecule has 0 spiro atoms. The highest BCUT2D eigenvalue weighted by molar-refractivity contribution is 5.40. The lowest BCUT2D eigenvalue weighted by atomic mass is 10.1. The van der Waals surface area contributed by atoms with E-state index in [0.29, 0.717) is 18.5 Å². The van der Waals surface area contributed by atoms with Gasteiger partial charge in [0, 0.05) is 6.54 Å². The first-order valence-electron chi connectivity index (χ1n) is 5.08. The first kappa shape index (κ1) is 12.5. The molecule has 0 aliphatic carbocycles. The molecule has 0 saturated carbocycles. The molecule has 4 heteroatoms. The molecule has 1 aromatic rings. The monoisotopic (exact) mass is 223 g/mol. The highest BCUT2D eigenvalue weighted by Crippen LogP contribution is 2.24. The van der Waals surface area contributed by atoms with E-state index in [1.54, 1.807) is 13.0 Å². The maximum atomic E-state index is 9.40. The van der Waals surface area contributed by atoms with Crippen molar-refractivity contribution in [2.75, 3.05) is 6.54 Å². The Balaban J connectivity index is 2.43. The van der Waals surface area contributed by atoms with Gasteiger partial charge in [-0.3, -0.25) is 5.32 Å². The van der Waals surface area contributed by atoms with Gasteiger partial charge in [-0.2, -0.15) is 0 Å². The second kappa shape index (κ2) is 5.53. The van der Waals surface area contributed by atoms with Crippen LogP contribution < -0.4 is 5.32 Å². The summed E-state index contributed by atoms with van der Waals surface area (Å²) >= 11 is 0. The van der Waals surface area contributed by atoms with E-state index in [-0.39, 0.29) is 11.5 Å². The van der Waals surface area contributed by atoms with Crippen LogP contribution in [0.4, 0.5) is 0 Å². The van der Waals surface area contributed by atoms with Crippen LogP contribution in [0, 0.1) is 0 Å². The molecule has 0 aromatic heterocycles. The molecule has 0 bridgehead atoms. The normalized spacial score (nSPS) is 12.4. The van der Waals surface area contributed by atoms with Crippen LogP contribution in [0.3, 0.4) is 0 Å². The molecule has 4 nitrogen and oxygen atoms in total. The van der Waals surface area contributed by atoms with Crippen LogP contribution in [0.15, 0.2) is 30.4 Å². The van der Waals surface area contributed by atoms with Crippen LogP contribution >= 0.6 is 0 Å². The van der Waals surface area contributed by atoms with Gasteiger partial charge in [-0.1, -0.05) is 12.6 Å². The molecule has 0 aliphatic rings. The predicted molar refractivity (Wildman–Crippen MR) is 62.3 cm³/mol.